The van der Waals surface area contributed by atoms with Gasteiger partial charge in [-0.05, 0) is 13.5 Å². The van der Waals surface area contributed by atoms with Crippen molar-refractivity contribution in [1.29, 1.82) is 0 Å². The van der Waals surface area contributed by atoms with Gasteiger partial charge in [-0.15, -0.1) is 0 Å². The average molecular weight is 285 g/mol. The smallest absolute Gasteiger partial charge is 0.326 e. The van der Waals surface area contributed by atoms with Crippen molar-refractivity contribution in [3.05, 3.63) is 0 Å². The third-order valence-corrected chi connectivity index (χ3v) is 4.25. The van der Waals surface area contributed by atoms with Gasteiger partial charge in [0, 0.05) is 38.6 Å². The van der Waals surface area contributed by atoms with Gasteiger partial charge in [0.25, 0.3) is 0 Å². The Morgan fingerprint density at radius 2 is 1.95 bits per heavy atom. The van der Waals surface area contributed by atoms with Crippen molar-refractivity contribution in [2.75, 3.05) is 32.7 Å². The number of β-amino-alcohol motifs (C(OH)–C–C–N with tert-alkyl or cyclic N) is 1. The summed E-state index contributed by atoms with van der Waals surface area (Å²) in [7, 11) is 0. The molecule has 2 saturated heterocycles. The van der Waals surface area contributed by atoms with Gasteiger partial charge in [-0.2, -0.15) is 0 Å². The first-order valence-corrected chi connectivity index (χ1v) is 7.14. The summed E-state index contributed by atoms with van der Waals surface area (Å²) in [5, 5.41) is 18.8. The number of likely N-dealkylation sites (tertiary alicyclic amines) is 1. The fourth-order valence-corrected chi connectivity index (χ4v) is 3.08. The van der Waals surface area contributed by atoms with E-state index in [2.05, 4.69) is 18.7 Å². The fourth-order valence-electron chi connectivity index (χ4n) is 3.08. The van der Waals surface area contributed by atoms with E-state index in [9.17, 15) is 14.7 Å². The highest BCUT2D eigenvalue weighted by molar-refractivity contribution is 5.83. The Bertz CT molecular complexity index is 390. The van der Waals surface area contributed by atoms with E-state index in [-0.39, 0.29) is 25.0 Å². The summed E-state index contributed by atoms with van der Waals surface area (Å²) in [4.78, 5) is 28.9. The first-order valence-electron chi connectivity index (χ1n) is 7.14. The lowest BCUT2D eigenvalue weighted by atomic mass is 10.2. The van der Waals surface area contributed by atoms with E-state index in [1.165, 1.54) is 4.90 Å². The number of nitrogens with zero attached hydrogens (tertiary/aromatic N) is 3. The Morgan fingerprint density at radius 1 is 1.25 bits per heavy atom. The van der Waals surface area contributed by atoms with Gasteiger partial charge in [-0.1, -0.05) is 6.92 Å². The summed E-state index contributed by atoms with van der Waals surface area (Å²) < 4.78 is 0. The molecule has 0 radical (unpaired) electrons. The summed E-state index contributed by atoms with van der Waals surface area (Å²) in [6.07, 6.45) is -0.625. The highest BCUT2D eigenvalue weighted by atomic mass is 16.4. The molecule has 0 aromatic rings. The van der Waals surface area contributed by atoms with Crippen molar-refractivity contribution in [1.82, 2.24) is 14.7 Å². The lowest BCUT2D eigenvalue weighted by molar-refractivity contribution is -0.141. The standard InChI is InChI=1S/C13H23N3O4/c1-3-14-4-5-15(7-9(14)2)13(20)16-8-10(17)6-11(16)12(18)19/h9-11,17H,3-8H2,1-2H3,(H,18,19)/t9?,10-,11-/m1/s1. The van der Waals surface area contributed by atoms with Crippen molar-refractivity contribution in [2.24, 2.45) is 0 Å². The number of hydrogen-bond acceptors (Lipinski definition) is 4. The van der Waals surface area contributed by atoms with Crippen molar-refractivity contribution in [3.63, 3.8) is 0 Å². The van der Waals surface area contributed by atoms with Gasteiger partial charge in [-0.25, -0.2) is 9.59 Å². The van der Waals surface area contributed by atoms with Crippen LogP contribution in [0, 0.1) is 0 Å². The number of rotatable bonds is 2. The molecule has 0 aromatic carbocycles. The molecular formula is C13H23N3O4. The molecule has 2 rings (SSSR count). The van der Waals surface area contributed by atoms with Gasteiger partial charge in [-0.3, -0.25) is 4.90 Å². The molecule has 7 nitrogen and oxygen atoms in total. The zero-order valence-corrected chi connectivity index (χ0v) is 12.0. The van der Waals surface area contributed by atoms with Crippen LogP contribution in [0.25, 0.3) is 0 Å². The Balaban J connectivity index is 2.02. The number of aliphatic hydroxyl groups excluding tert-OH is 1. The number of carboxylic acid groups (broad SMARTS) is 1. The number of carbonyl (C=O) groups is 2. The minimum Gasteiger partial charge on any atom is -0.480 e. The summed E-state index contributed by atoms with van der Waals surface area (Å²) >= 11 is 0. The van der Waals surface area contributed by atoms with Crippen molar-refractivity contribution in [2.45, 2.75) is 38.5 Å². The first-order chi connectivity index (χ1) is 9.43. The molecule has 2 N–H and O–H groups in total. The van der Waals surface area contributed by atoms with Crippen LogP contribution in [0.5, 0.6) is 0 Å². The van der Waals surface area contributed by atoms with Gasteiger partial charge in [0.2, 0.25) is 0 Å². The number of piperazine rings is 1. The molecule has 7 heteroatoms. The van der Waals surface area contributed by atoms with Gasteiger partial charge >= 0.3 is 12.0 Å². The van der Waals surface area contributed by atoms with E-state index in [0.29, 0.717) is 13.1 Å². The van der Waals surface area contributed by atoms with E-state index < -0.39 is 18.1 Å². The number of amides is 2. The summed E-state index contributed by atoms with van der Waals surface area (Å²) in [6, 6.07) is -0.901. The number of urea groups is 1. The average Bonchev–Trinajstić information content (AvgIpc) is 2.80. The Kier molecular flexibility index (Phi) is 4.49. The van der Waals surface area contributed by atoms with E-state index in [0.717, 1.165) is 13.1 Å². The molecule has 2 aliphatic heterocycles. The van der Waals surface area contributed by atoms with Crippen LogP contribution in [0.2, 0.25) is 0 Å². The Hall–Kier alpha value is -1.34. The minimum absolute atomic E-state index is 0.109. The monoisotopic (exact) mass is 285 g/mol. The third kappa shape index (κ3) is 2.88. The zero-order valence-electron chi connectivity index (χ0n) is 12.0. The second-order valence-corrected chi connectivity index (χ2v) is 5.60. The van der Waals surface area contributed by atoms with Crippen LogP contribution in [0.3, 0.4) is 0 Å². The molecule has 2 aliphatic rings. The molecule has 0 aliphatic carbocycles. The van der Waals surface area contributed by atoms with Crippen LogP contribution in [-0.2, 0) is 4.79 Å². The first kappa shape index (κ1) is 15.1. The molecule has 0 spiro atoms. The molecular weight excluding hydrogens is 262 g/mol. The number of aliphatic hydroxyl groups is 1. The molecule has 2 heterocycles. The molecule has 2 amide bonds. The van der Waals surface area contributed by atoms with E-state index >= 15 is 0 Å². The normalized spacial score (nSPS) is 31.6. The number of carboxylic acids is 1. The van der Waals surface area contributed by atoms with Gasteiger partial charge in [0.05, 0.1) is 6.10 Å². The molecule has 114 valence electrons. The van der Waals surface area contributed by atoms with Crippen LogP contribution in [0.15, 0.2) is 0 Å². The molecule has 0 bridgehead atoms. The second-order valence-electron chi connectivity index (χ2n) is 5.60. The molecule has 2 fully saturated rings. The van der Waals surface area contributed by atoms with E-state index in [1.807, 2.05) is 0 Å². The molecule has 3 atom stereocenters. The maximum absolute atomic E-state index is 12.5. The Labute approximate surface area is 118 Å². The van der Waals surface area contributed by atoms with Crippen molar-refractivity contribution < 1.29 is 19.8 Å². The molecule has 20 heavy (non-hydrogen) atoms. The SMILES string of the molecule is CCN1CCN(C(=O)N2C[C@H](O)C[C@@H]2C(=O)O)CC1C. The second kappa shape index (κ2) is 5.97. The van der Waals surface area contributed by atoms with Crippen LogP contribution in [0.4, 0.5) is 4.79 Å². The predicted octanol–water partition coefficient (Wildman–Crippen LogP) is -0.348. The van der Waals surface area contributed by atoms with Crippen molar-refractivity contribution in [3.8, 4) is 0 Å². The minimum atomic E-state index is -1.05. The third-order valence-electron chi connectivity index (χ3n) is 4.25. The topological polar surface area (TPSA) is 84.3 Å². The van der Waals surface area contributed by atoms with Gasteiger partial charge in [0.1, 0.15) is 6.04 Å². The van der Waals surface area contributed by atoms with Crippen LogP contribution in [-0.4, -0.2) is 87.8 Å². The lowest BCUT2D eigenvalue weighted by Crippen LogP contribution is -2.57. The number of carbonyl (C=O) groups excluding carboxylic acids is 1. The number of hydrogen-bond donors (Lipinski definition) is 2. The molecule has 1 unspecified atom stereocenters. The van der Waals surface area contributed by atoms with Crippen LogP contribution in [0.1, 0.15) is 20.3 Å². The van der Waals surface area contributed by atoms with Crippen LogP contribution < -0.4 is 0 Å². The fraction of sp³-hybridized carbons (Fsp3) is 0.846. The maximum Gasteiger partial charge on any atom is 0.326 e. The summed E-state index contributed by atoms with van der Waals surface area (Å²) in [6.45, 7) is 7.22. The lowest BCUT2D eigenvalue weighted by Gasteiger charge is -2.41. The largest absolute Gasteiger partial charge is 0.480 e. The van der Waals surface area contributed by atoms with Gasteiger partial charge in [0.15, 0.2) is 0 Å². The van der Waals surface area contributed by atoms with E-state index in [1.54, 1.807) is 4.90 Å². The quantitative estimate of drug-likeness (QED) is 0.724. The molecule has 0 aromatic heterocycles. The number of aliphatic carboxylic acids is 1. The van der Waals surface area contributed by atoms with Gasteiger partial charge < -0.3 is 20.0 Å². The zero-order chi connectivity index (χ0) is 14.9. The van der Waals surface area contributed by atoms with Crippen LogP contribution >= 0.6 is 0 Å². The van der Waals surface area contributed by atoms with Crippen molar-refractivity contribution >= 4 is 12.0 Å². The summed E-state index contributed by atoms with van der Waals surface area (Å²) in [5.41, 5.74) is 0. The Morgan fingerprint density at radius 3 is 2.50 bits per heavy atom. The highest BCUT2D eigenvalue weighted by Gasteiger charge is 2.41. The molecule has 0 saturated carbocycles. The number of likely N-dealkylation sites (N-methyl/N-ethyl adjacent to an activating group) is 1. The maximum atomic E-state index is 12.5. The summed E-state index contributed by atoms with van der Waals surface area (Å²) in [5.74, 6) is -1.05. The predicted molar refractivity (Wildman–Crippen MR) is 72.4 cm³/mol. The highest BCUT2D eigenvalue weighted by Crippen LogP contribution is 2.21. The van der Waals surface area contributed by atoms with E-state index in [4.69, 9.17) is 5.11 Å².